The molecule has 3 aromatic rings. The number of piperidine rings is 1. The minimum Gasteiger partial charge on any atom is -0.356 e. The van der Waals surface area contributed by atoms with Gasteiger partial charge in [-0.05, 0) is 49.4 Å². The third kappa shape index (κ3) is 5.99. The molecular weight excluding hydrogens is 453 g/mol. The van der Waals surface area contributed by atoms with Gasteiger partial charge in [0, 0.05) is 31.4 Å². The highest BCUT2D eigenvalue weighted by molar-refractivity contribution is 5.86. The van der Waals surface area contributed by atoms with E-state index >= 15 is 0 Å². The Balaban J connectivity index is 1.61. The van der Waals surface area contributed by atoms with Crippen molar-refractivity contribution >= 4 is 11.7 Å². The zero-order valence-corrected chi connectivity index (χ0v) is 19.8. The summed E-state index contributed by atoms with van der Waals surface area (Å²) in [5.41, 5.74) is 2.06. The van der Waals surface area contributed by atoms with Gasteiger partial charge in [0.1, 0.15) is 17.4 Å². The van der Waals surface area contributed by atoms with Crippen LogP contribution in [0.2, 0.25) is 0 Å². The largest absolute Gasteiger partial charge is 0.433 e. The fourth-order valence-electron chi connectivity index (χ4n) is 4.40. The number of nitrogens with one attached hydrogen (secondary N) is 1. The second-order valence-corrected chi connectivity index (χ2v) is 9.17. The number of amides is 1. The van der Waals surface area contributed by atoms with Crippen LogP contribution in [-0.4, -0.2) is 29.0 Å². The summed E-state index contributed by atoms with van der Waals surface area (Å²) in [6.45, 7) is 5.44. The van der Waals surface area contributed by atoms with E-state index in [1.165, 1.54) is 6.07 Å². The average molecular weight is 483 g/mol. The van der Waals surface area contributed by atoms with E-state index in [1.54, 1.807) is 18.3 Å². The molecule has 4 rings (SSSR count). The maximum atomic E-state index is 13.4. The maximum absolute atomic E-state index is 13.4. The predicted molar refractivity (Wildman–Crippen MR) is 129 cm³/mol. The minimum atomic E-state index is -4.53. The Morgan fingerprint density at radius 3 is 2.54 bits per heavy atom. The number of rotatable bonds is 6. The van der Waals surface area contributed by atoms with Crippen molar-refractivity contribution in [3.8, 4) is 0 Å². The molecule has 1 N–H and O–H groups in total. The highest BCUT2D eigenvalue weighted by Gasteiger charge is 2.34. The van der Waals surface area contributed by atoms with Crippen LogP contribution in [-0.2, 0) is 17.5 Å². The average Bonchev–Trinajstić information content (AvgIpc) is 2.83. The normalized spacial score (nSPS) is 15.6. The fourth-order valence-corrected chi connectivity index (χ4v) is 4.40. The lowest BCUT2D eigenvalue weighted by Gasteiger charge is -2.33. The summed E-state index contributed by atoms with van der Waals surface area (Å²) in [6.07, 6.45) is -1.12. The van der Waals surface area contributed by atoms with E-state index in [4.69, 9.17) is 0 Å². The quantitative estimate of drug-likeness (QED) is 0.505. The number of pyridine rings is 2. The Morgan fingerprint density at radius 1 is 1.11 bits per heavy atom. The molecule has 1 unspecified atom stereocenters. The topological polar surface area (TPSA) is 58.1 Å². The summed E-state index contributed by atoms with van der Waals surface area (Å²) in [5, 5.41) is 2.94. The standard InChI is InChI=1S/C27H29F3N4O/c1-18-11-14-34(15-12-18)25-21(9-10-23(33-25)27(28,29)30)17-32-26(35)24(22-8-3-4-13-31-22)20-7-5-6-19(2)16-20/h3-10,13,16,18,24H,11-12,14-15,17H2,1-2H3,(H,32,35). The molecule has 1 aliphatic rings. The van der Waals surface area contributed by atoms with E-state index in [1.807, 2.05) is 42.2 Å². The predicted octanol–water partition coefficient (Wildman–Crippen LogP) is 5.49. The molecule has 1 atom stereocenters. The van der Waals surface area contributed by atoms with Crippen LogP contribution in [0, 0.1) is 12.8 Å². The molecule has 35 heavy (non-hydrogen) atoms. The third-order valence-corrected chi connectivity index (χ3v) is 6.40. The molecule has 0 spiro atoms. The van der Waals surface area contributed by atoms with Gasteiger partial charge >= 0.3 is 6.18 Å². The van der Waals surface area contributed by atoms with Crippen LogP contribution in [0.25, 0.3) is 0 Å². The SMILES string of the molecule is Cc1cccc(C(C(=O)NCc2ccc(C(F)(F)F)nc2N2CCC(C)CC2)c2ccccn2)c1. The van der Waals surface area contributed by atoms with Crippen molar-refractivity contribution < 1.29 is 18.0 Å². The molecule has 2 aromatic heterocycles. The first-order chi connectivity index (χ1) is 16.7. The van der Waals surface area contributed by atoms with E-state index in [9.17, 15) is 18.0 Å². The van der Waals surface area contributed by atoms with E-state index in [0.29, 0.717) is 30.3 Å². The van der Waals surface area contributed by atoms with Gasteiger partial charge in [0.25, 0.3) is 0 Å². The number of aromatic nitrogens is 2. The molecule has 1 fully saturated rings. The van der Waals surface area contributed by atoms with E-state index < -0.39 is 17.8 Å². The first-order valence-corrected chi connectivity index (χ1v) is 11.8. The lowest BCUT2D eigenvalue weighted by atomic mass is 9.93. The van der Waals surface area contributed by atoms with Crippen molar-refractivity contribution in [1.29, 1.82) is 0 Å². The molecule has 184 valence electrons. The summed E-state index contributed by atoms with van der Waals surface area (Å²) in [7, 11) is 0. The van der Waals surface area contributed by atoms with Gasteiger partial charge < -0.3 is 10.2 Å². The van der Waals surface area contributed by atoms with Gasteiger partial charge in [-0.15, -0.1) is 0 Å². The number of hydrogen-bond acceptors (Lipinski definition) is 4. The number of aryl methyl sites for hydroxylation is 1. The van der Waals surface area contributed by atoms with Crippen molar-refractivity contribution in [1.82, 2.24) is 15.3 Å². The zero-order valence-electron chi connectivity index (χ0n) is 19.8. The highest BCUT2D eigenvalue weighted by atomic mass is 19.4. The number of carbonyl (C=O) groups excluding carboxylic acids is 1. The van der Waals surface area contributed by atoms with Crippen LogP contribution in [0.4, 0.5) is 19.0 Å². The van der Waals surface area contributed by atoms with Crippen LogP contribution in [0.15, 0.2) is 60.8 Å². The molecule has 0 aliphatic carbocycles. The molecule has 0 saturated carbocycles. The van der Waals surface area contributed by atoms with Gasteiger partial charge in [0.15, 0.2) is 0 Å². The Hall–Kier alpha value is -3.42. The van der Waals surface area contributed by atoms with E-state index in [2.05, 4.69) is 22.2 Å². The highest BCUT2D eigenvalue weighted by Crippen LogP contribution is 2.32. The smallest absolute Gasteiger partial charge is 0.356 e. The lowest BCUT2D eigenvalue weighted by Crippen LogP contribution is -2.36. The summed E-state index contributed by atoms with van der Waals surface area (Å²) < 4.78 is 40.2. The van der Waals surface area contributed by atoms with Crippen LogP contribution in [0.3, 0.4) is 0 Å². The molecule has 0 radical (unpaired) electrons. The number of halogens is 3. The Labute approximate surface area is 203 Å². The monoisotopic (exact) mass is 482 g/mol. The summed E-state index contributed by atoms with van der Waals surface area (Å²) in [6, 6.07) is 15.5. The van der Waals surface area contributed by atoms with Crippen molar-refractivity contribution in [3.63, 3.8) is 0 Å². The van der Waals surface area contributed by atoms with Gasteiger partial charge in [-0.1, -0.05) is 48.9 Å². The molecule has 1 amide bonds. The molecule has 1 saturated heterocycles. The molecule has 3 heterocycles. The zero-order chi connectivity index (χ0) is 25.0. The van der Waals surface area contributed by atoms with Gasteiger partial charge in [0.2, 0.25) is 5.91 Å². The van der Waals surface area contributed by atoms with Crippen LogP contribution in [0.5, 0.6) is 0 Å². The third-order valence-electron chi connectivity index (χ3n) is 6.40. The number of hydrogen-bond donors (Lipinski definition) is 1. The van der Waals surface area contributed by atoms with Crippen molar-refractivity contribution in [2.45, 2.75) is 45.3 Å². The number of alkyl halides is 3. The number of carbonyl (C=O) groups is 1. The first kappa shape index (κ1) is 24.7. The summed E-state index contributed by atoms with van der Waals surface area (Å²) in [5.74, 6) is -0.101. The van der Waals surface area contributed by atoms with Crippen molar-refractivity contribution in [2.24, 2.45) is 5.92 Å². The van der Waals surface area contributed by atoms with Crippen LogP contribution in [0.1, 0.15) is 53.8 Å². The summed E-state index contributed by atoms with van der Waals surface area (Å²) >= 11 is 0. The van der Waals surface area contributed by atoms with Gasteiger partial charge in [-0.3, -0.25) is 9.78 Å². The Kier molecular flexibility index (Phi) is 7.38. The Bertz CT molecular complexity index is 1160. The number of nitrogens with zero attached hydrogens (tertiary/aromatic N) is 3. The van der Waals surface area contributed by atoms with Crippen molar-refractivity contribution in [2.75, 3.05) is 18.0 Å². The first-order valence-electron chi connectivity index (χ1n) is 11.8. The van der Waals surface area contributed by atoms with E-state index in [-0.39, 0.29) is 18.3 Å². The fraction of sp³-hybridized carbons (Fsp3) is 0.370. The second kappa shape index (κ2) is 10.5. The maximum Gasteiger partial charge on any atom is 0.433 e. The molecule has 8 heteroatoms. The van der Waals surface area contributed by atoms with E-state index in [0.717, 1.165) is 30.0 Å². The van der Waals surface area contributed by atoms with Crippen molar-refractivity contribution in [3.05, 3.63) is 88.9 Å². The van der Waals surface area contributed by atoms with Gasteiger partial charge in [0.05, 0.1) is 5.69 Å². The summed E-state index contributed by atoms with van der Waals surface area (Å²) in [4.78, 5) is 23.7. The second-order valence-electron chi connectivity index (χ2n) is 9.17. The van der Waals surface area contributed by atoms with Gasteiger partial charge in [-0.25, -0.2) is 4.98 Å². The molecule has 1 aromatic carbocycles. The molecular formula is C27H29F3N4O. The number of benzene rings is 1. The molecule has 5 nitrogen and oxygen atoms in total. The molecule has 0 bridgehead atoms. The van der Waals surface area contributed by atoms with Gasteiger partial charge in [-0.2, -0.15) is 13.2 Å². The Morgan fingerprint density at radius 2 is 1.89 bits per heavy atom. The van der Waals surface area contributed by atoms with Crippen LogP contribution < -0.4 is 10.2 Å². The molecule has 1 aliphatic heterocycles. The number of anilines is 1. The van der Waals surface area contributed by atoms with Crippen LogP contribution >= 0.6 is 0 Å². The minimum absolute atomic E-state index is 0.0699. The lowest BCUT2D eigenvalue weighted by molar-refractivity contribution is -0.141.